The minimum atomic E-state index is 0.450. The summed E-state index contributed by atoms with van der Waals surface area (Å²) in [6, 6.07) is 2.57. The highest BCUT2D eigenvalue weighted by molar-refractivity contribution is 7.14. The highest BCUT2D eigenvalue weighted by atomic mass is 32.1. The maximum atomic E-state index is 4.70. The van der Waals surface area contributed by atoms with E-state index in [-0.39, 0.29) is 0 Å². The molecule has 21 heavy (non-hydrogen) atoms. The van der Waals surface area contributed by atoms with E-state index in [1.165, 1.54) is 5.56 Å². The van der Waals surface area contributed by atoms with E-state index < -0.39 is 0 Å². The van der Waals surface area contributed by atoms with Crippen molar-refractivity contribution < 1.29 is 0 Å². The third-order valence-corrected chi connectivity index (χ3v) is 5.32. The second kappa shape index (κ2) is 5.67. The normalized spacial score (nSPS) is 17.8. The van der Waals surface area contributed by atoms with E-state index in [1.54, 1.807) is 29.0 Å². The van der Waals surface area contributed by atoms with Gasteiger partial charge in [0.25, 0.3) is 0 Å². The van der Waals surface area contributed by atoms with Crippen LogP contribution in [0.2, 0.25) is 0 Å². The number of aryl methyl sites for hydroxylation is 1. The molecule has 0 radical (unpaired) electrons. The van der Waals surface area contributed by atoms with Crippen LogP contribution in [0.25, 0.3) is 10.6 Å². The average Bonchev–Trinajstić information content (AvgIpc) is 3.24. The highest BCUT2D eigenvalue weighted by Crippen LogP contribution is 2.25. The molecule has 1 N–H and O–H groups in total. The molecule has 1 aliphatic heterocycles. The quantitative estimate of drug-likeness (QED) is 0.803. The SMILES string of the molecule is c1nc2n(n1)CC(NCc1csc(-c3ccsc3)n1)CC2. The van der Waals surface area contributed by atoms with E-state index in [0.29, 0.717) is 6.04 Å². The molecular weight excluding hydrogens is 302 g/mol. The van der Waals surface area contributed by atoms with E-state index in [9.17, 15) is 0 Å². The van der Waals surface area contributed by atoms with Gasteiger partial charge in [0.1, 0.15) is 17.2 Å². The van der Waals surface area contributed by atoms with E-state index in [1.807, 2.05) is 4.68 Å². The standard InChI is InChI=1S/C14H15N5S2/c1-2-13-16-9-17-19(13)6-11(1)15-5-12-8-21-14(18-12)10-3-4-20-7-10/h3-4,7-9,11,15H,1-2,5-6H2. The second-order valence-corrected chi connectivity index (χ2v) is 6.77. The zero-order valence-corrected chi connectivity index (χ0v) is 13.0. The molecule has 5 nitrogen and oxygen atoms in total. The first kappa shape index (κ1) is 13.1. The molecule has 0 aliphatic carbocycles. The highest BCUT2D eigenvalue weighted by Gasteiger charge is 2.19. The van der Waals surface area contributed by atoms with Crippen molar-refractivity contribution >= 4 is 22.7 Å². The number of fused-ring (bicyclic) bond motifs is 1. The summed E-state index contributed by atoms with van der Waals surface area (Å²) >= 11 is 3.42. The van der Waals surface area contributed by atoms with Crippen LogP contribution in [0.4, 0.5) is 0 Å². The Bertz CT molecular complexity index is 715. The van der Waals surface area contributed by atoms with Crippen LogP contribution in [0.15, 0.2) is 28.5 Å². The van der Waals surface area contributed by atoms with Crippen molar-refractivity contribution in [3.05, 3.63) is 40.1 Å². The van der Waals surface area contributed by atoms with Gasteiger partial charge in [-0.1, -0.05) is 0 Å². The van der Waals surface area contributed by atoms with Gasteiger partial charge in [-0.05, 0) is 17.9 Å². The molecule has 0 spiro atoms. The van der Waals surface area contributed by atoms with Gasteiger partial charge in [-0.15, -0.1) is 11.3 Å². The molecule has 4 rings (SSSR count). The Balaban J connectivity index is 1.37. The molecule has 3 aromatic rings. The van der Waals surface area contributed by atoms with Crippen molar-refractivity contribution in [2.24, 2.45) is 0 Å². The van der Waals surface area contributed by atoms with Gasteiger partial charge < -0.3 is 5.32 Å². The number of rotatable bonds is 4. The van der Waals surface area contributed by atoms with Crippen LogP contribution >= 0.6 is 22.7 Å². The first-order valence-electron chi connectivity index (χ1n) is 6.95. The van der Waals surface area contributed by atoms with Crippen LogP contribution in [0.1, 0.15) is 17.9 Å². The van der Waals surface area contributed by atoms with E-state index in [0.717, 1.165) is 42.5 Å². The summed E-state index contributed by atoms with van der Waals surface area (Å²) in [5.74, 6) is 1.10. The number of nitrogens with zero attached hydrogens (tertiary/aromatic N) is 4. The molecule has 1 unspecified atom stereocenters. The zero-order chi connectivity index (χ0) is 14.1. The number of aromatic nitrogens is 4. The molecule has 0 bridgehead atoms. The van der Waals surface area contributed by atoms with E-state index in [4.69, 9.17) is 4.98 Å². The first-order chi connectivity index (χ1) is 10.4. The lowest BCUT2D eigenvalue weighted by atomic mass is 10.1. The average molecular weight is 317 g/mol. The van der Waals surface area contributed by atoms with E-state index in [2.05, 4.69) is 37.6 Å². The minimum absolute atomic E-state index is 0.450. The van der Waals surface area contributed by atoms with E-state index >= 15 is 0 Å². The molecule has 4 heterocycles. The fourth-order valence-electron chi connectivity index (χ4n) is 2.56. The number of hydrogen-bond acceptors (Lipinski definition) is 6. The Labute approximate surface area is 130 Å². The summed E-state index contributed by atoms with van der Waals surface area (Å²) in [4.78, 5) is 8.96. The molecule has 0 saturated carbocycles. The van der Waals surface area contributed by atoms with Crippen LogP contribution in [0.5, 0.6) is 0 Å². The summed E-state index contributed by atoms with van der Waals surface area (Å²) in [6.45, 7) is 1.71. The summed E-state index contributed by atoms with van der Waals surface area (Å²) < 4.78 is 2.00. The number of hydrogen-bond donors (Lipinski definition) is 1. The molecule has 0 aromatic carbocycles. The van der Waals surface area contributed by atoms with Gasteiger partial charge in [-0.2, -0.15) is 16.4 Å². The van der Waals surface area contributed by atoms with Gasteiger partial charge in [-0.3, -0.25) is 0 Å². The molecule has 0 fully saturated rings. The Morgan fingerprint density at radius 1 is 1.38 bits per heavy atom. The molecule has 1 atom stereocenters. The fourth-order valence-corrected chi connectivity index (χ4v) is 4.09. The van der Waals surface area contributed by atoms with Crippen molar-refractivity contribution in [3.63, 3.8) is 0 Å². The third kappa shape index (κ3) is 2.76. The largest absolute Gasteiger partial charge is 0.306 e. The monoisotopic (exact) mass is 317 g/mol. The maximum absolute atomic E-state index is 4.70. The summed E-state index contributed by atoms with van der Waals surface area (Å²) in [5.41, 5.74) is 2.34. The van der Waals surface area contributed by atoms with Crippen molar-refractivity contribution in [1.29, 1.82) is 0 Å². The zero-order valence-electron chi connectivity index (χ0n) is 11.4. The first-order valence-corrected chi connectivity index (χ1v) is 8.78. The lowest BCUT2D eigenvalue weighted by Crippen LogP contribution is -2.37. The predicted octanol–water partition coefficient (Wildman–Crippen LogP) is 2.57. The third-order valence-electron chi connectivity index (χ3n) is 3.70. The molecule has 1 aliphatic rings. The summed E-state index contributed by atoms with van der Waals surface area (Å²) in [7, 11) is 0. The van der Waals surface area contributed by atoms with Crippen molar-refractivity contribution in [2.75, 3.05) is 0 Å². The molecule has 3 aromatic heterocycles. The Morgan fingerprint density at radius 2 is 2.38 bits per heavy atom. The summed E-state index contributed by atoms with van der Waals surface area (Å²) in [5, 5.41) is 15.3. The molecule has 0 saturated heterocycles. The van der Waals surface area contributed by atoms with Crippen molar-refractivity contribution in [2.45, 2.75) is 32.0 Å². The van der Waals surface area contributed by atoms with Gasteiger partial charge in [0, 0.05) is 35.3 Å². The Morgan fingerprint density at radius 3 is 3.29 bits per heavy atom. The van der Waals surface area contributed by atoms with Crippen LogP contribution in [-0.2, 0) is 19.5 Å². The van der Waals surface area contributed by atoms with Crippen LogP contribution in [-0.4, -0.2) is 25.8 Å². The Kier molecular flexibility index (Phi) is 3.54. The van der Waals surface area contributed by atoms with Gasteiger partial charge >= 0.3 is 0 Å². The molecule has 0 amide bonds. The van der Waals surface area contributed by atoms with Crippen LogP contribution < -0.4 is 5.32 Å². The lowest BCUT2D eigenvalue weighted by Gasteiger charge is -2.23. The van der Waals surface area contributed by atoms with Crippen molar-refractivity contribution in [3.8, 4) is 10.6 Å². The van der Waals surface area contributed by atoms with Gasteiger partial charge in [0.2, 0.25) is 0 Å². The van der Waals surface area contributed by atoms with Gasteiger partial charge in [0.15, 0.2) is 0 Å². The van der Waals surface area contributed by atoms with Gasteiger partial charge in [0.05, 0.1) is 12.2 Å². The molecule has 7 heteroatoms. The molecular formula is C14H15N5S2. The Hall–Kier alpha value is -1.57. The molecule has 108 valence electrons. The smallest absolute Gasteiger partial charge is 0.138 e. The lowest BCUT2D eigenvalue weighted by molar-refractivity contribution is 0.357. The number of nitrogens with one attached hydrogen (secondary N) is 1. The summed E-state index contributed by atoms with van der Waals surface area (Å²) in [6.07, 6.45) is 3.75. The number of thiophene rings is 1. The second-order valence-electron chi connectivity index (χ2n) is 5.13. The predicted molar refractivity (Wildman–Crippen MR) is 84.4 cm³/mol. The topological polar surface area (TPSA) is 55.6 Å². The van der Waals surface area contributed by atoms with Crippen molar-refractivity contribution in [1.82, 2.24) is 25.1 Å². The maximum Gasteiger partial charge on any atom is 0.138 e. The van der Waals surface area contributed by atoms with Crippen LogP contribution in [0, 0.1) is 0 Å². The van der Waals surface area contributed by atoms with Gasteiger partial charge in [-0.25, -0.2) is 14.6 Å². The fraction of sp³-hybridized carbons (Fsp3) is 0.357. The minimum Gasteiger partial charge on any atom is -0.306 e. The number of thiazole rings is 1. The van der Waals surface area contributed by atoms with Crippen LogP contribution in [0.3, 0.4) is 0 Å².